The van der Waals surface area contributed by atoms with Gasteiger partial charge in [0.1, 0.15) is 5.75 Å². The molecule has 0 aliphatic rings. The first kappa shape index (κ1) is 7.79. The second-order valence-corrected chi connectivity index (χ2v) is 2.27. The predicted molar refractivity (Wildman–Crippen MR) is 42.6 cm³/mol. The third-order valence-corrected chi connectivity index (χ3v) is 1.26. The summed E-state index contributed by atoms with van der Waals surface area (Å²) >= 11 is 0. The van der Waals surface area contributed by atoms with E-state index in [0.29, 0.717) is 0 Å². The summed E-state index contributed by atoms with van der Waals surface area (Å²) in [7, 11) is 0. The Kier molecular flexibility index (Phi) is 2.66. The molecule has 0 bridgehead atoms. The zero-order chi connectivity index (χ0) is 8.10. The molecule has 0 N–H and O–H groups in total. The molecule has 0 saturated heterocycles. The molecule has 1 aromatic rings. The molecular formula is C9H10O2. The van der Waals surface area contributed by atoms with Crippen LogP contribution in [0.25, 0.3) is 0 Å². The average Bonchev–Trinajstić information content (AvgIpc) is 2.06. The van der Waals surface area contributed by atoms with E-state index >= 15 is 0 Å². The molecule has 1 rings (SSSR count). The molecule has 0 aliphatic heterocycles. The van der Waals surface area contributed by atoms with Crippen molar-refractivity contribution in [3.63, 3.8) is 0 Å². The van der Waals surface area contributed by atoms with Crippen molar-refractivity contribution in [2.45, 2.75) is 13.0 Å². The van der Waals surface area contributed by atoms with Gasteiger partial charge in [0.2, 0.25) is 0 Å². The van der Waals surface area contributed by atoms with Crippen molar-refractivity contribution in [2.24, 2.45) is 0 Å². The van der Waals surface area contributed by atoms with Crippen molar-refractivity contribution in [2.75, 3.05) is 0 Å². The molecule has 0 saturated carbocycles. The van der Waals surface area contributed by atoms with Crippen LogP contribution in [0, 0.1) is 0 Å². The van der Waals surface area contributed by atoms with Gasteiger partial charge in [-0.25, -0.2) is 0 Å². The smallest absolute Gasteiger partial charge is 0.160 e. The molecule has 0 aromatic heterocycles. The summed E-state index contributed by atoms with van der Waals surface area (Å²) in [4.78, 5) is 10.2. The molecule has 1 atom stereocenters. The van der Waals surface area contributed by atoms with Gasteiger partial charge in [-0.3, -0.25) is 4.79 Å². The van der Waals surface area contributed by atoms with E-state index in [4.69, 9.17) is 4.74 Å². The van der Waals surface area contributed by atoms with E-state index in [0.717, 1.165) is 12.0 Å². The lowest BCUT2D eigenvalue weighted by atomic mass is 10.3. The van der Waals surface area contributed by atoms with E-state index in [1.807, 2.05) is 30.3 Å². The molecule has 0 aliphatic carbocycles. The number of aldehydes is 1. The Hall–Kier alpha value is -1.31. The molecular weight excluding hydrogens is 140 g/mol. The standard InChI is InChI=1S/C9H10O2/c1-8(7-10)11-9-5-3-2-4-6-9/h2-8H,1H3/t8-/m0/s1. The molecule has 0 unspecified atom stereocenters. The maximum Gasteiger partial charge on any atom is 0.160 e. The van der Waals surface area contributed by atoms with Gasteiger partial charge in [0.15, 0.2) is 12.4 Å². The van der Waals surface area contributed by atoms with Crippen molar-refractivity contribution in [1.29, 1.82) is 0 Å². The minimum Gasteiger partial charge on any atom is -0.483 e. The van der Waals surface area contributed by atoms with Gasteiger partial charge in [0.05, 0.1) is 0 Å². The van der Waals surface area contributed by atoms with Gasteiger partial charge in [0.25, 0.3) is 0 Å². The number of ether oxygens (including phenoxy) is 1. The van der Waals surface area contributed by atoms with Gasteiger partial charge in [-0.15, -0.1) is 0 Å². The maximum atomic E-state index is 10.2. The van der Waals surface area contributed by atoms with Crippen LogP contribution < -0.4 is 4.74 Å². The quantitative estimate of drug-likeness (QED) is 0.612. The van der Waals surface area contributed by atoms with Crippen LogP contribution in [0.3, 0.4) is 0 Å². The van der Waals surface area contributed by atoms with Crippen LogP contribution in [0.2, 0.25) is 0 Å². The SMILES string of the molecule is C[C@@H](C=O)Oc1ccccc1. The monoisotopic (exact) mass is 150 g/mol. The van der Waals surface area contributed by atoms with Crippen molar-refractivity contribution < 1.29 is 9.53 Å². The molecule has 0 amide bonds. The van der Waals surface area contributed by atoms with E-state index in [9.17, 15) is 4.79 Å². The number of benzene rings is 1. The molecule has 2 nitrogen and oxygen atoms in total. The Morgan fingerprint density at radius 3 is 2.55 bits per heavy atom. The molecule has 0 fully saturated rings. The number of hydrogen-bond donors (Lipinski definition) is 0. The lowest BCUT2D eigenvalue weighted by Gasteiger charge is -2.06. The van der Waals surface area contributed by atoms with E-state index in [-0.39, 0.29) is 6.10 Å². The fourth-order valence-corrected chi connectivity index (χ4v) is 0.741. The molecule has 58 valence electrons. The summed E-state index contributed by atoms with van der Waals surface area (Å²) < 4.78 is 5.20. The largest absolute Gasteiger partial charge is 0.483 e. The molecule has 1 aromatic carbocycles. The molecule has 2 heteroatoms. The minimum atomic E-state index is -0.364. The third-order valence-electron chi connectivity index (χ3n) is 1.26. The van der Waals surface area contributed by atoms with Gasteiger partial charge in [-0.2, -0.15) is 0 Å². The highest BCUT2D eigenvalue weighted by Crippen LogP contribution is 2.09. The number of rotatable bonds is 3. The van der Waals surface area contributed by atoms with Crippen LogP contribution in [-0.2, 0) is 4.79 Å². The molecule has 11 heavy (non-hydrogen) atoms. The topological polar surface area (TPSA) is 26.3 Å². The molecule has 0 radical (unpaired) electrons. The third kappa shape index (κ3) is 2.42. The minimum absolute atomic E-state index is 0.364. The number of para-hydroxylation sites is 1. The Morgan fingerprint density at radius 2 is 2.00 bits per heavy atom. The normalized spacial score (nSPS) is 12.1. The van der Waals surface area contributed by atoms with Gasteiger partial charge < -0.3 is 4.74 Å². The lowest BCUT2D eigenvalue weighted by Crippen LogP contribution is -2.12. The van der Waals surface area contributed by atoms with Gasteiger partial charge >= 0.3 is 0 Å². The Balaban J connectivity index is 2.57. The first-order valence-corrected chi connectivity index (χ1v) is 3.50. The fraction of sp³-hybridized carbons (Fsp3) is 0.222. The molecule has 0 heterocycles. The molecule has 0 spiro atoms. The Labute approximate surface area is 65.8 Å². The van der Waals surface area contributed by atoms with Crippen molar-refractivity contribution in [3.8, 4) is 5.75 Å². The van der Waals surface area contributed by atoms with Gasteiger partial charge in [-0.1, -0.05) is 18.2 Å². The first-order chi connectivity index (χ1) is 5.33. The van der Waals surface area contributed by atoms with Crippen LogP contribution in [0.1, 0.15) is 6.92 Å². The Bertz CT molecular complexity index is 218. The van der Waals surface area contributed by atoms with Crippen molar-refractivity contribution in [3.05, 3.63) is 30.3 Å². The lowest BCUT2D eigenvalue weighted by molar-refractivity contribution is -0.113. The van der Waals surface area contributed by atoms with Crippen molar-refractivity contribution in [1.82, 2.24) is 0 Å². The second kappa shape index (κ2) is 3.76. The average molecular weight is 150 g/mol. The van der Waals surface area contributed by atoms with Gasteiger partial charge in [0, 0.05) is 0 Å². The van der Waals surface area contributed by atoms with E-state index in [2.05, 4.69) is 0 Å². The van der Waals surface area contributed by atoms with Crippen molar-refractivity contribution >= 4 is 6.29 Å². The summed E-state index contributed by atoms with van der Waals surface area (Å²) in [6.07, 6.45) is 0.407. The highest BCUT2D eigenvalue weighted by molar-refractivity contribution is 5.55. The first-order valence-electron chi connectivity index (χ1n) is 3.50. The summed E-state index contributed by atoms with van der Waals surface area (Å²) in [5.41, 5.74) is 0. The van der Waals surface area contributed by atoms with Crippen LogP contribution in [0.15, 0.2) is 30.3 Å². The van der Waals surface area contributed by atoms with E-state index in [1.54, 1.807) is 6.92 Å². The second-order valence-electron chi connectivity index (χ2n) is 2.27. The fourth-order valence-electron chi connectivity index (χ4n) is 0.741. The van der Waals surface area contributed by atoms with E-state index in [1.165, 1.54) is 0 Å². The van der Waals surface area contributed by atoms with Crippen LogP contribution >= 0.6 is 0 Å². The highest BCUT2D eigenvalue weighted by Gasteiger charge is 1.98. The summed E-state index contributed by atoms with van der Waals surface area (Å²) in [5, 5.41) is 0. The zero-order valence-corrected chi connectivity index (χ0v) is 6.36. The van der Waals surface area contributed by atoms with Crippen LogP contribution in [0.5, 0.6) is 5.75 Å². The van der Waals surface area contributed by atoms with Crippen LogP contribution in [-0.4, -0.2) is 12.4 Å². The highest BCUT2D eigenvalue weighted by atomic mass is 16.5. The summed E-state index contributed by atoms with van der Waals surface area (Å²) in [6, 6.07) is 9.28. The summed E-state index contributed by atoms with van der Waals surface area (Å²) in [5.74, 6) is 0.729. The zero-order valence-electron chi connectivity index (χ0n) is 6.36. The number of carbonyl (C=O) groups is 1. The van der Waals surface area contributed by atoms with E-state index < -0.39 is 0 Å². The Morgan fingerprint density at radius 1 is 1.36 bits per heavy atom. The number of hydrogen-bond acceptors (Lipinski definition) is 2. The summed E-state index contributed by atoms with van der Waals surface area (Å²) in [6.45, 7) is 1.71. The predicted octanol–water partition coefficient (Wildman–Crippen LogP) is 1.65. The van der Waals surface area contributed by atoms with Gasteiger partial charge in [-0.05, 0) is 19.1 Å². The number of carbonyl (C=O) groups excluding carboxylic acids is 1. The van der Waals surface area contributed by atoms with Crippen LogP contribution in [0.4, 0.5) is 0 Å². The maximum absolute atomic E-state index is 10.2.